The number of Topliss-reactive ketones (excluding diaryl/α,β-unsaturated/α-hetero) is 1. The van der Waals surface area contributed by atoms with Gasteiger partial charge in [0.25, 0.3) is 0 Å². The monoisotopic (exact) mass is 564 g/mol. The van der Waals surface area contributed by atoms with Crippen molar-refractivity contribution in [3.8, 4) is 11.5 Å². The number of nitrogens with zero attached hydrogens (tertiary/aromatic N) is 2. The third-order valence-corrected chi connectivity index (χ3v) is 7.38. The number of hydrogen-bond acceptors (Lipinski definition) is 5. The van der Waals surface area contributed by atoms with Gasteiger partial charge in [-0.05, 0) is 74.9 Å². The largest absolute Gasteiger partial charge is 0.497 e. The van der Waals surface area contributed by atoms with Gasteiger partial charge in [0.15, 0.2) is 5.78 Å². The number of methoxy groups -OCH3 is 1. The van der Waals surface area contributed by atoms with Gasteiger partial charge in [0.1, 0.15) is 17.3 Å². The van der Waals surface area contributed by atoms with Crippen LogP contribution in [0.15, 0.2) is 54.6 Å². The van der Waals surface area contributed by atoms with E-state index in [1.165, 1.54) is 32.0 Å². The van der Waals surface area contributed by atoms with Crippen molar-refractivity contribution >= 4 is 17.3 Å². The van der Waals surface area contributed by atoms with Gasteiger partial charge in [0.05, 0.1) is 19.3 Å². The van der Waals surface area contributed by atoms with Gasteiger partial charge in [0.2, 0.25) is 5.91 Å². The SMILES string of the molecule is CCC(=O)N(C)CCCN1CCC=CCC1.CCCOc1ccc(F)c2c1CCC=C(c1ccc(OC)cc1)C2=O. The molecule has 1 heterocycles. The van der Waals surface area contributed by atoms with Crippen molar-refractivity contribution in [1.82, 2.24) is 9.80 Å². The van der Waals surface area contributed by atoms with E-state index in [0.29, 0.717) is 48.5 Å². The fourth-order valence-corrected chi connectivity index (χ4v) is 5.06. The molecule has 2 aromatic rings. The number of halogens is 1. The predicted molar refractivity (Wildman–Crippen MR) is 163 cm³/mol. The van der Waals surface area contributed by atoms with Crippen LogP contribution in [-0.4, -0.2) is 68.4 Å². The third kappa shape index (κ3) is 9.28. The second-order valence-electron chi connectivity index (χ2n) is 10.4. The van der Waals surface area contributed by atoms with Crippen molar-refractivity contribution < 1.29 is 23.5 Å². The lowest BCUT2D eigenvalue weighted by Gasteiger charge is -2.22. The van der Waals surface area contributed by atoms with Crippen LogP contribution < -0.4 is 9.47 Å². The number of benzene rings is 2. The number of rotatable bonds is 10. The number of carbonyl (C=O) groups is 2. The lowest BCUT2D eigenvalue weighted by molar-refractivity contribution is -0.129. The van der Waals surface area contributed by atoms with E-state index >= 15 is 0 Å². The number of allylic oxidation sites excluding steroid dienone is 2. The van der Waals surface area contributed by atoms with Crippen molar-refractivity contribution in [2.45, 2.75) is 58.8 Å². The number of ketones is 1. The van der Waals surface area contributed by atoms with E-state index in [0.717, 1.165) is 31.5 Å². The molecule has 0 bridgehead atoms. The molecule has 6 nitrogen and oxygen atoms in total. The second-order valence-corrected chi connectivity index (χ2v) is 10.4. The van der Waals surface area contributed by atoms with Gasteiger partial charge in [-0.2, -0.15) is 0 Å². The molecule has 0 unspecified atom stereocenters. The van der Waals surface area contributed by atoms with Crippen molar-refractivity contribution in [3.63, 3.8) is 0 Å². The lowest BCUT2D eigenvalue weighted by atomic mass is 9.94. The molecule has 0 aromatic heterocycles. The molecule has 222 valence electrons. The number of carbonyl (C=O) groups excluding carboxylic acids is 2. The number of ether oxygens (including phenoxy) is 2. The minimum atomic E-state index is -0.495. The molecule has 0 saturated carbocycles. The molecule has 0 fully saturated rings. The Labute approximate surface area is 244 Å². The topological polar surface area (TPSA) is 59.1 Å². The smallest absolute Gasteiger partial charge is 0.222 e. The van der Waals surface area contributed by atoms with Gasteiger partial charge in [-0.15, -0.1) is 0 Å². The van der Waals surface area contributed by atoms with E-state index in [2.05, 4.69) is 17.1 Å². The first-order chi connectivity index (χ1) is 19.9. The van der Waals surface area contributed by atoms with Crippen LogP contribution in [0, 0.1) is 5.82 Å². The summed E-state index contributed by atoms with van der Waals surface area (Å²) in [4.78, 5) is 28.7. The molecule has 1 aliphatic heterocycles. The summed E-state index contributed by atoms with van der Waals surface area (Å²) in [5.74, 6) is 0.781. The Morgan fingerprint density at radius 2 is 1.73 bits per heavy atom. The van der Waals surface area contributed by atoms with Crippen LogP contribution in [0.1, 0.15) is 73.9 Å². The molecule has 1 amide bonds. The normalized spacial score (nSPS) is 15.0. The Morgan fingerprint density at radius 1 is 1.02 bits per heavy atom. The summed E-state index contributed by atoms with van der Waals surface area (Å²) in [5.41, 5.74) is 2.08. The van der Waals surface area contributed by atoms with Gasteiger partial charge in [-0.1, -0.05) is 44.2 Å². The Morgan fingerprint density at radius 3 is 2.37 bits per heavy atom. The molecule has 2 aliphatic rings. The standard InChI is InChI=1S/C21H21FO3.C13H24N2O/c1-3-13-25-19-12-11-18(22)20-17(19)6-4-5-16(21(20)23)14-7-9-15(24-2)10-8-14;1-3-13(16)14(2)9-8-12-15-10-6-4-5-7-11-15/h5,7-12H,3-4,6,13H2,1-2H3;4-5H,3,6-12H2,1-2H3. The van der Waals surface area contributed by atoms with Crippen molar-refractivity contribution in [3.05, 3.63) is 77.1 Å². The number of amides is 1. The predicted octanol–water partition coefficient (Wildman–Crippen LogP) is 6.73. The first-order valence-electron chi connectivity index (χ1n) is 14.8. The maximum atomic E-state index is 14.5. The summed E-state index contributed by atoms with van der Waals surface area (Å²) in [6, 6.07) is 10.2. The molecule has 1 aliphatic carbocycles. The maximum Gasteiger partial charge on any atom is 0.222 e. The summed E-state index contributed by atoms with van der Waals surface area (Å²) < 4.78 is 25.4. The van der Waals surface area contributed by atoms with E-state index in [4.69, 9.17) is 9.47 Å². The first kappa shape index (κ1) is 32.1. The molecule has 4 rings (SSSR count). The summed E-state index contributed by atoms with van der Waals surface area (Å²) in [7, 11) is 3.49. The van der Waals surface area contributed by atoms with E-state index in [1.807, 2.05) is 44.0 Å². The summed E-state index contributed by atoms with van der Waals surface area (Å²) in [6.45, 7) is 8.81. The molecule has 0 atom stereocenters. The third-order valence-electron chi connectivity index (χ3n) is 7.38. The zero-order valence-electron chi connectivity index (χ0n) is 25.1. The van der Waals surface area contributed by atoms with Gasteiger partial charge < -0.3 is 19.3 Å². The quantitative estimate of drug-likeness (QED) is 0.300. The van der Waals surface area contributed by atoms with Crippen LogP contribution in [0.3, 0.4) is 0 Å². The summed E-state index contributed by atoms with van der Waals surface area (Å²) >= 11 is 0. The average molecular weight is 565 g/mol. The summed E-state index contributed by atoms with van der Waals surface area (Å²) in [5, 5.41) is 0. The molecule has 0 saturated heterocycles. The Bertz CT molecular complexity index is 1200. The van der Waals surface area contributed by atoms with Crippen molar-refractivity contribution in [1.29, 1.82) is 0 Å². The average Bonchev–Trinajstić information content (AvgIpc) is 3.36. The van der Waals surface area contributed by atoms with E-state index in [9.17, 15) is 14.0 Å². The highest BCUT2D eigenvalue weighted by Gasteiger charge is 2.26. The Balaban J connectivity index is 0.000000250. The molecule has 0 N–H and O–H groups in total. The molecule has 0 radical (unpaired) electrons. The second kappa shape index (κ2) is 16.7. The molecule has 0 spiro atoms. The van der Waals surface area contributed by atoms with E-state index in [1.54, 1.807) is 25.3 Å². The van der Waals surface area contributed by atoms with Crippen LogP contribution >= 0.6 is 0 Å². The van der Waals surface area contributed by atoms with E-state index in [-0.39, 0.29) is 17.3 Å². The lowest BCUT2D eigenvalue weighted by Crippen LogP contribution is -2.31. The van der Waals surface area contributed by atoms with Gasteiger partial charge in [-0.3, -0.25) is 9.59 Å². The van der Waals surface area contributed by atoms with Gasteiger partial charge in [-0.25, -0.2) is 4.39 Å². The Hall–Kier alpha value is -3.45. The van der Waals surface area contributed by atoms with E-state index < -0.39 is 5.82 Å². The van der Waals surface area contributed by atoms with Crippen molar-refractivity contribution in [2.24, 2.45) is 0 Å². The minimum Gasteiger partial charge on any atom is -0.497 e. The number of fused-ring (bicyclic) bond motifs is 1. The molecular formula is C34H45FN2O4. The first-order valence-corrected chi connectivity index (χ1v) is 14.8. The highest BCUT2D eigenvalue weighted by Crippen LogP contribution is 2.34. The molecule has 41 heavy (non-hydrogen) atoms. The minimum absolute atomic E-state index is 0.133. The zero-order valence-corrected chi connectivity index (χ0v) is 25.1. The van der Waals surface area contributed by atoms with Gasteiger partial charge in [0, 0.05) is 44.2 Å². The van der Waals surface area contributed by atoms with Crippen molar-refractivity contribution in [2.75, 3.05) is 46.9 Å². The number of hydrogen-bond donors (Lipinski definition) is 0. The fraction of sp³-hybridized carbons (Fsp3) is 0.471. The van der Waals surface area contributed by atoms with Crippen LogP contribution in [0.4, 0.5) is 4.39 Å². The summed E-state index contributed by atoms with van der Waals surface area (Å²) in [6.07, 6.45) is 12.6. The van der Waals surface area contributed by atoms with Gasteiger partial charge >= 0.3 is 0 Å². The Kier molecular flexibility index (Phi) is 13.1. The highest BCUT2D eigenvalue weighted by atomic mass is 19.1. The molecule has 7 heteroatoms. The zero-order chi connectivity index (χ0) is 29.6. The fourth-order valence-electron chi connectivity index (χ4n) is 5.06. The maximum absolute atomic E-state index is 14.5. The van der Waals surface area contributed by atoms with Crippen LogP contribution in [0.2, 0.25) is 0 Å². The van der Waals surface area contributed by atoms with Crippen LogP contribution in [-0.2, 0) is 11.2 Å². The van der Waals surface area contributed by atoms with Crippen LogP contribution in [0.25, 0.3) is 5.57 Å². The molecular weight excluding hydrogens is 519 g/mol. The highest BCUT2D eigenvalue weighted by molar-refractivity contribution is 6.29. The van der Waals surface area contributed by atoms with Crippen LogP contribution in [0.5, 0.6) is 11.5 Å². The molecule has 2 aromatic carbocycles.